The van der Waals surface area contributed by atoms with Crippen molar-refractivity contribution in [3.8, 4) is 5.75 Å². The number of nitrogens with zero attached hydrogens (tertiary/aromatic N) is 4. The van der Waals surface area contributed by atoms with Gasteiger partial charge < -0.3 is 4.74 Å². The van der Waals surface area contributed by atoms with Gasteiger partial charge in [0.05, 0.1) is 29.2 Å². The Morgan fingerprint density at radius 2 is 0.933 bits per heavy atom. The van der Waals surface area contributed by atoms with Crippen molar-refractivity contribution in [1.29, 1.82) is 0 Å². The lowest BCUT2D eigenvalue weighted by Crippen LogP contribution is -2.14. The Morgan fingerprint density at radius 3 is 1.44 bits per heavy atom. The van der Waals surface area contributed by atoms with E-state index in [0.717, 1.165) is 76.0 Å². The Morgan fingerprint density at radius 1 is 0.511 bits per heavy atom. The van der Waals surface area contributed by atoms with Crippen LogP contribution in [0.5, 0.6) is 5.75 Å². The molecule has 7 aromatic carbocycles. The third-order valence-electron chi connectivity index (χ3n) is 9.92. The van der Waals surface area contributed by atoms with E-state index in [-0.39, 0.29) is 11.1 Å². The van der Waals surface area contributed by atoms with E-state index in [1.54, 1.807) is 15.9 Å². The topological polar surface area (TPSA) is 78.0 Å². The maximum atomic E-state index is 14.1. The molecule has 0 bridgehead atoms. The van der Waals surface area contributed by atoms with Gasteiger partial charge in [0, 0.05) is 38.4 Å². The number of hydrogen-bond donors (Lipinski definition) is 0. The van der Waals surface area contributed by atoms with Gasteiger partial charge in [-0.15, -0.1) is 0 Å². The van der Waals surface area contributed by atoms with E-state index in [9.17, 15) is 9.59 Å². The second-order valence-electron chi connectivity index (χ2n) is 12.1. The molecule has 0 aliphatic carbocycles. The molecule has 11 aromatic rings. The van der Waals surface area contributed by atoms with Crippen molar-refractivity contribution in [2.75, 3.05) is 7.11 Å². The van der Waals surface area contributed by atoms with Crippen LogP contribution >= 0.6 is 0 Å². The Hall–Kier alpha value is -6.08. The van der Waals surface area contributed by atoms with Crippen molar-refractivity contribution in [1.82, 2.24) is 18.8 Å². The zero-order valence-electron chi connectivity index (χ0n) is 24.1. The zero-order chi connectivity index (χ0) is 29.9. The molecule has 4 aromatic heterocycles. The smallest absolute Gasteiger partial charge is 0.264 e. The number of aromatic nitrogens is 4. The maximum absolute atomic E-state index is 14.1. The van der Waals surface area contributed by atoms with Crippen LogP contribution in [0.2, 0.25) is 0 Å². The summed E-state index contributed by atoms with van der Waals surface area (Å²) in [6.45, 7) is 2.04. The molecule has 7 nitrogen and oxygen atoms in total. The maximum Gasteiger partial charge on any atom is 0.264 e. The monoisotopic (exact) mass is 580 g/mol. The van der Waals surface area contributed by atoms with Crippen LogP contribution in [0, 0.1) is 6.92 Å². The molecule has 0 spiro atoms. The van der Waals surface area contributed by atoms with Gasteiger partial charge in [0.15, 0.2) is 0 Å². The highest BCUT2D eigenvalue weighted by Crippen LogP contribution is 2.45. The van der Waals surface area contributed by atoms with Crippen molar-refractivity contribution < 1.29 is 4.74 Å². The van der Waals surface area contributed by atoms with E-state index in [4.69, 9.17) is 14.7 Å². The van der Waals surface area contributed by atoms with Gasteiger partial charge in [0.1, 0.15) is 17.0 Å². The lowest BCUT2D eigenvalue weighted by molar-refractivity contribution is 0.415. The minimum atomic E-state index is -0.0929. The molecule has 0 amide bonds. The average molecular weight is 581 g/mol. The Kier molecular flexibility index (Phi) is 3.91. The first kappa shape index (κ1) is 23.4. The number of pyridine rings is 2. The van der Waals surface area contributed by atoms with Crippen LogP contribution in [-0.4, -0.2) is 25.9 Å². The summed E-state index contributed by atoms with van der Waals surface area (Å²) in [6.07, 6.45) is 0. The van der Waals surface area contributed by atoms with Crippen LogP contribution in [0.1, 0.15) is 5.56 Å². The SMILES string of the molecule is COc1ccc2c(c1)nc1c3ccc4c5ccc6c7c(ccc(c8ccc(c(=O)n21)c3c84)c57)c(=O)n1c2ccc(C)cc2nc61. The highest BCUT2D eigenvalue weighted by atomic mass is 16.5. The Bertz CT molecular complexity index is 3230. The normalized spacial score (nSPS) is 12.8. The minimum Gasteiger partial charge on any atom is -0.497 e. The summed E-state index contributed by atoms with van der Waals surface area (Å²) in [5.74, 6) is 0.695. The molecule has 45 heavy (non-hydrogen) atoms. The quantitative estimate of drug-likeness (QED) is 0.148. The number of imidazole rings is 2. The summed E-state index contributed by atoms with van der Waals surface area (Å²) in [5.41, 5.74) is 5.35. The third-order valence-corrected chi connectivity index (χ3v) is 9.92. The molecule has 7 heteroatoms. The van der Waals surface area contributed by atoms with Gasteiger partial charge in [-0.3, -0.25) is 18.4 Å². The van der Waals surface area contributed by atoms with Gasteiger partial charge in [-0.1, -0.05) is 30.3 Å². The Balaban J connectivity index is 1.35. The third kappa shape index (κ3) is 2.57. The minimum absolute atomic E-state index is 0.0651. The standard InChI is InChI=1S/C38H20N4O3/c1-17-3-13-29-27(15-17)39-35-23-9-5-19-20-6-10-24-34-26(38(44)42-30-14-4-18(45-2)16-28(30)40-36(24)42)12-8-22(32(20)34)21-7-11-25(33(23)31(19)21)37(43)41(29)35/h3-16H,1-2H3. The van der Waals surface area contributed by atoms with Crippen molar-refractivity contribution in [2.24, 2.45) is 0 Å². The number of fused-ring (bicyclic) bond motifs is 10. The summed E-state index contributed by atoms with van der Waals surface area (Å²) in [7, 11) is 1.63. The lowest BCUT2D eigenvalue weighted by Gasteiger charge is -2.18. The van der Waals surface area contributed by atoms with Crippen LogP contribution in [0.4, 0.5) is 0 Å². The molecular weight excluding hydrogens is 560 g/mol. The van der Waals surface area contributed by atoms with E-state index in [0.29, 0.717) is 33.3 Å². The fourth-order valence-electron chi connectivity index (χ4n) is 8.01. The van der Waals surface area contributed by atoms with E-state index in [1.807, 2.05) is 55.5 Å². The highest BCUT2D eigenvalue weighted by molar-refractivity contribution is 6.40. The van der Waals surface area contributed by atoms with Crippen molar-refractivity contribution in [2.45, 2.75) is 6.92 Å². The van der Waals surface area contributed by atoms with Gasteiger partial charge in [-0.2, -0.15) is 0 Å². The van der Waals surface area contributed by atoms with Crippen LogP contribution in [0.15, 0.2) is 94.5 Å². The molecular formula is C38H20N4O3. The van der Waals surface area contributed by atoms with Crippen LogP contribution in [0.25, 0.3) is 98.0 Å². The number of benzene rings is 7. The van der Waals surface area contributed by atoms with Gasteiger partial charge in [0.25, 0.3) is 11.1 Å². The predicted molar refractivity (Wildman–Crippen MR) is 181 cm³/mol. The zero-order valence-corrected chi connectivity index (χ0v) is 24.1. The highest BCUT2D eigenvalue weighted by Gasteiger charge is 2.24. The predicted octanol–water partition coefficient (Wildman–Crippen LogP) is 7.56. The van der Waals surface area contributed by atoms with Gasteiger partial charge in [-0.05, 0) is 93.3 Å². The molecule has 0 unspecified atom stereocenters. The largest absolute Gasteiger partial charge is 0.497 e. The number of methoxy groups -OCH3 is 1. The van der Waals surface area contributed by atoms with Gasteiger partial charge in [0.2, 0.25) is 0 Å². The number of rotatable bonds is 1. The summed E-state index contributed by atoms with van der Waals surface area (Å²) in [6, 6.07) is 28.1. The lowest BCUT2D eigenvalue weighted by atomic mass is 9.86. The van der Waals surface area contributed by atoms with E-state index < -0.39 is 0 Å². The van der Waals surface area contributed by atoms with E-state index >= 15 is 0 Å². The molecule has 210 valence electrons. The van der Waals surface area contributed by atoms with Crippen molar-refractivity contribution in [3.63, 3.8) is 0 Å². The van der Waals surface area contributed by atoms with Crippen molar-refractivity contribution in [3.05, 3.63) is 111 Å². The summed E-state index contributed by atoms with van der Waals surface area (Å²) < 4.78 is 8.90. The second-order valence-corrected chi connectivity index (χ2v) is 12.1. The van der Waals surface area contributed by atoms with Gasteiger partial charge >= 0.3 is 0 Å². The van der Waals surface area contributed by atoms with E-state index in [1.165, 1.54) is 0 Å². The number of hydrogen-bond acceptors (Lipinski definition) is 5. The molecule has 11 rings (SSSR count). The molecule has 4 heterocycles. The molecule has 0 atom stereocenters. The summed E-state index contributed by atoms with van der Waals surface area (Å²) >= 11 is 0. The molecule has 0 aliphatic rings. The first-order chi connectivity index (χ1) is 22.0. The van der Waals surface area contributed by atoms with Crippen LogP contribution in [0.3, 0.4) is 0 Å². The first-order valence-corrected chi connectivity index (χ1v) is 14.9. The molecule has 0 saturated heterocycles. The molecule has 0 radical (unpaired) electrons. The van der Waals surface area contributed by atoms with Crippen molar-refractivity contribution >= 4 is 98.0 Å². The molecule has 0 aliphatic heterocycles. The first-order valence-electron chi connectivity index (χ1n) is 14.9. The van der Waals surface area contributed by atoms with Gasteiger partial charge in [-0.25, -0.2) is 9.97 Å². The summed E-state index contributed by atoms with van der Waals surface area (Å²) in [4.78, 5) is 38.1. The average Bonchev–Trinajstić information content (AvgIpc) is 3.64. The molecule has 0 saturated carbocycles. The van der Waals surface area contributed by atoms with Crippen LogP contribution < -0.4 is 15.9 Å². The van der Waals surface area contributed by atoms with Crippen LogP contribution in [-0.2, 0) is 0 Å². The second kappa shape index (κ2) is 7.52. The number of aryl methyl sites for hydroxylation is 1. The molecule has 0 N–H and O–H groups in total. The number of ether oxygens (including phenoxy) is 1. The summed E-state index contributed by atoms with van der Waals surface area (Å²) in [5, 5.41) is 11.3. The fraction of sp³-hybridized carbons (Fsp3) is 0.0526. The van der Waals surface area contributed by atoms with E-state index in [2.05, 4.69) is 36.4 Å². The molecule has 0 fully saturated rings. The Labute approximate surface area is 252 Å². The fourth-order valence-corrected chi connectivity index (χ4v) is 8.01.